The van der Waals surface area contributed by atoms with E-state index < -0.39 is 0 Å². The van der Waals surface area contributed by atoms with E-state index in [4.69, 9.17) is 4.74 Å². The molecule has 4 heteroatoms. The van der Waals surface area contributed by atoms with Gasteiger partial charge in [0.2, 0.25) is 5.88 Å². The summed E-state index contributed by atoms with van der Waals surface area (Å²) in [6, 6.07) is 0. The van der Waals surface area contributed by atoms with E-state index >= 15 is 0 Å². The van der Waals surface area contributed by atoms with E-state index in [0.717, 1.165) is 29.6 Å². The van der Waals surface area contributed by atoms with Crippen molar-refractivity contribution >= 4 is 0 Å². The zero-order valence-corrected chi connectivity index (χ0v) is 10.5. The molecule has 0 spiro atoms. The number of hydrogen-bond acceptors (Lipinski definition) is 4. The molecule has 3 aliphatic rings. The molecule has 3 fully saturated rings. The standard InChI is InChI=1S/C13H19N3O/c1-9-10(2)14-8-15-13(9)17-12-7-16-5-3-11(12)4-6-16/h8,11-12H,3-7H2,1-2H3. The summed E-state index contributed by atoms with van der Waals surface area (Å²) in [4.78, 5) is 10.9. The van der Waals surface area contributed by atoms with Crippen LogP contribution in [0.2, 0.25) is 0 Å². The van der Waals surface area contributed by atoms with Crippen LogP contribution in [0.25, 0.3) is 0 Å². The molecule has 0 amide bonds. The maximum Gasteiger partial charge on any atom is 0.219 e. The zero-order valence-electron chi connectivity index (χ0n) is 10.5. The molecular weight excluding hydrogens is 214 g/mol. The lowest BCUT2D eigenvalue weighted by Crippen LogP contribution is -2.52. The van der Waals surface area contributed by atoms with E-state index in [-0.39, 0.29) is 0 Å². The number of ether oxygens (including phenoxy) is 1. The molecule has 4 nitrogen and oxygen atoms in total. The molecule has 0 N–H and O–H groups in total. The summed E-state index contributed by atoms with van der Waals surface area (Å²) in [5, 5.41) is 0. The highest BCUT2D eigenvalue weighted by Gasteiger charge is 2.35. The molecule has 3 saturated heterocycles. The number of rotatable bonds is 2. The number of piperidine rings is 3. The van der Waals surface area contributed by atoms with Crippen LogP contribution < -0.4 is 4.74 Å². The van der Waals surface area contributed by atoms with Crippen LogP contribution in [-0.4, -0.2) is 40.6 Å². The van der Waals surface area contributed by atoms with Gasteiger partial charge in [-0.25, -0.2) is 9.97 Å². The van der Waals surface area contributed by atoms with Crippen LogP contribution in [-0.2, 0) is 0 Å². The van der Waals surface area contributed by atoms with E-state index in [2.05, 4.69) is 14.9 Å². The van der Waals surface area contributed by atoms with Crippen LogP contribution in [0, 0.1) is 19.8 Å². The van der Waals surface area contributed by atoms with Gasteiger partial charge in [0.05, 0.1) is 0 Å². The molecule has 17 heavy (non-hydrogen) atoms. The third-order valence-electron chi connectivity index (χ3n) is 4.15. The molecule has 0 aromatic carbocycles. The first-order valence-corrected chi connectivity index (χ1v) is 6.41. The number of hydrogen-bond donors (Lipinski definition) is 0. The molecule has 4 heterocycles. The van der Waals surface area contributed by atoms with Crippen molar-refractivity contribution in [1.29, 1.82) is 0 Å². The van der Waals surface area contributed by atoms with Gasteiger partial charge < -0.3 is 4.74 Å². The van der Waals surface area contributed by atoms with Gasteiger partial charge in [-0.1, -0.05) is 0 Å². The van der Waals surface area contributed by atoms with E-state index in [0.29, 0.717) is 6.10 Å². The van der Waals surface area contributed by atoms with Gasteiger partial charge in [0.25, 0.3) is 0 Å². The van der Waals surface area contributed by atoms with Crippen LogP contribution in [0.4, 0.5) is 0 Å². The van der Waals surface area contributed by atoms with Crippen molar-refractivity contribution in [2.75, 3.05) is 19.6 Å². The van der Waals surface area contributed by atoms with Gasteiger partial charge >= 0.3 is 0 Å². The Kier molecular flexibility index (Phi) is 2.74. The minimum absolute atomic E-state index is 0.325. The van der Waals surface area contributed by atoms with Crippen molar-refractivity contribution in [3.63, 3.8) is 0 Å². The van der Waals surface area contributed by atoms with Crippen LogP contribution >= 0.6 is 0 Å². The molecule has 1 atom stereocenters. The van der Waals surface area contributed by atoms with Crippen molar-refractivity contribution in [2.45, 2.75) is 32.8 Å². The van der Waals surface area contributed by atoms with Gasteiger partial charge in [-0.15, -0.1) is 0 Å². The monoisotopic (exact) mass is 233 g/mol. The van der Waals surface area contributed by atoms with E-state index in [9.17, 15) is 0 Å². The Bertz CT molecular complexity index is 413. The first kappa shape index (κ1) is 11.0. The summed E-state index contributed by atoms with van der Waals surface area (Å²) in [6.07, 6.45) is 4.46. The molecule has 1 unspecified atom stereocenters. The largest absolute Gasteiger partial charge is 0.472 e. The van der Waals surface area contributed by atoms with Crippen LogP contribution in [0.3, 0.4) is 0 Å². The number of fused-ring (bicyclic) bond motifs is 3. The quantitative estimate of drug-likeness (QED) is 0.777. The number of nitrogens with zero attached hydrogens (tertiary/aromatic N) is 3. The number of aryl methyl sites for hydroxylation is 1. The van der Waals surface area contributed by atoms with Crippen molar-refractivity contribution in [1.82, 2.24) is 14.9 Å². The second-order valence-corrected chi connectivity index (χ2v) is 5.18. The summed E-state index contributed by atoms with van der Waals surface area (Å²) < 4.78 is 6.11. The smallest absolute Gasteiger partial charge is 0.219 e. The second kappa shape index (κ2) is 4.26. The second-order valence-electron chi connectivity index (χ2n) is 5.18. The maximum absolute atomic E-state index is 6.11. The van der Waals surface area contributed by atoms with E-state index in [1.54, 1.807) is 6.33 Å². The lowest BCUT2D eigenvalue weighted by Gasteiger charge is -2.44. The SMILES string of the molecule is Cc1ncnc(OC2CN3CCC2CC3)c1C. The van der Waals surface area contributed by atoms with Gasteiger partial charge in [-0.2, -0.15) is 0 Å². The summed E-state index contributed by atoms with van der Waals surface area (Å²) in [5.74, 6) is 1.49. The van der Waals surface area contributed by atoms with Gasteiger partial charge in [-0.3, -0.25) is 4.90 Å². The Morgan fingerprint density at radius 1 is 1.24 bits per heavy atom. The van der Waals surface area contributed by atoms with E-state index in [1.165, 1.54) is 25.9 Å². The fraction of sp³-hybridized carbons (Fsp3) is 0.692. The highest BCUT2D eigenvalue weighted by molar-refractivity contribution is 5.27. The van der Waals surface area contributed by atoms with Crippen molar-refractivity contribution in [2.24, 2.45) is 5.92 Å². The average Bonchev–Trinajstić information content (AvgIpc) is 2.36. The minimum atomic E-state index is 0.325. The molecule has 3 aliphatic heterocycles. The Labute approximate surface area is 102 Å². The highest BCUT2D eigenvalue weighted by Crippen LogP contribution is 2.31. The van der Waals surface area contributed by atoms with E-state index in [1.807, 2.05) is 13.8 Å². The predicted molar refractivity (Wildman–Crippen MR) is 65.1 cm³/mol. The lowest BCUT2D eigenvalue weighted by molar-refractivity contribution is -0.0104. The summed E-state index contributed by atoms with van der Waals surface area (Å²) in [5.41, 5.74) is 2.08. The Morgan fingerprint density at radius 3 is 2.65 bits per heavy atom. The molecule has 4 rings (SSSR count). The molecule has 1 aromatic rings. The Morgan fingerprint density at radius 2 is 2.00 bits per heavy atom. The summed E-state index contributed by atoms with van der Waals surface area (Å²) in [6.45, 7) is 7.58. The Balaban J connectivity index is 1.76. The van der Waals surface area contributed by atoms with Gasteiger partial charge in [0.1, 0.15) is 12.4 Å². The highest BCUT2D eigenvalue weighted by atomic mass is 16.5. The molecular formula is C13H19N3O. The van der Waals surface area contributed by atoms with Gasteiger partial charge in [0, 0.05) is 17.8 Å². The van der Waals surface area contributed by atoms with Crippen LogP contribution in [0.5, 0.6) is 5.88 Å². The number of aromatic nitrogens is 2. The first-order valence-electron chi connectivity index (χ1n) is 6.41. The fourth-order valence-electron chi connectivity index (χ4n) is 2.82. The average molecular weight is 233 g/mol. The fourth-order valence-corrected chi connectivity index (χ4v) is 2.82. The minimum Gasteiger partial charge on any atom is -0.472 e. The van der Waals surface area contributed by atoms with Gasteiger partial charge in [0.15, 0.2) is 0 Å². The summed E-state index contributed by atoms with van der Waals surface area (Å²) >= 11 is 0. The van der Waals surface area contributed by atoms with Crippen LogP contribution in [0.15, 0.2) is 6.33 Å². The molecule has 1 aromatic heterocycles. The molecule has 0 radical (unpaired) electrons. The topological polar surface area (TPSA) is 38.3 Å². The summed E-state index contributed by atoms with van der Waals surface area (Å²) in [7, 11) is 0. The van der Waals surface area contributed by atoms with Crippen molar-refractivity contribution < 1.29 is 4.74 Å². The normalized spacial score (nSPS) is 31.5. The van der Waals surface area contributed by atoms with Crippen molar-refractivity contribution in [3.05, 3.63) is 17.6 Å². The first-order chi connectivity index (χ1) is 8.24. The zero-order chi connectivity index (χ0) is 11.8. The maximum atomic E-state index is 6.11. The third-order valence-corrected chi connectivity index (χ3v) is 4.15. The van der Waals surface area contributed by atoms with Crippen molar-refractivity contribution in [3.8, 4) is 5.88 Å². The molecule has 2 bridgehead atoms. The molecule has 0 saturated carbocycles. The van der Waals surface area contributed by atoms with Gasteiger partial charge in [-0.05, 0) is 45.7 Å². The Hall–Kier alpha value is -1.16. The predicted octanol–water partition coefficient (Wildman–Crippen LogP) is 1.57. The molecule has 0 aliphatic carbocycles. The third kappa shape index (κ3) is 2.02. The molecule has 92 valence electrons. The van der Waals surface area contributed by atoms with Crippen LogP contribution in [0.1, 0.15) is 24.1 Å². The lowest BCUT2D eigenvalue weighted by atomic mass is 9.86.